The third-order valence-electron chi connectivity index (χ3n) is 3.68. The van der Waals surface area contributed by atoms with E-state index < -0.39 is 9.84 Å². The number of nitrogens with zero attached hydrogens (tertiary/aromatic N) is 2. The first-order valence-corrected chi connectivity index (χ1v) is 9.18. The first-order valence-electron chi connectivity index (χ1n) is 7.36. The molecule has 2 aromatic rings. The van der Waals surface area contributed by atoms with Crippen LogP contribution in [0.25, 0.3) is 5.69 Å². The number of benzene rings is 1. The maximum atomic E-state index is 11.8. The second-order valence-corrected chi connectivity index (χ2v) is 7.78. The van der Waals surface area contributed by atoms with Gasteiger partial charge in [0, 0.05) is 24.3 Å². The maximum Gasteiger partial charge on any atom is 0.315 e. The molecular weight excluding hydrogens is 316 g/mol. The highest BCUT2D eigenvalue weighted by atomic mass is 32.2. The van der Waals surface area contributed by atoms with Crippen molar-refractivity contribution in [3.63, 3.8) is 0 Å². The topological polar surface area (TPSA) is 93.1 Å². The van der Waals surface area contributed by atoms with Crippen LogP contribution in [-0.2, 0) is 16.4 Å². The number of carbonyl (C=O) groups excluding carboxylic acids is 1. The number of hydrogen-bond donors (Lipinski definition) is 2. The van der Waals surface area contributed by atoms with Crippen LogP contribution in [0.15, 0.2) is 42.7 Å². The van der Waals surface area contributed by atoms with Crippen LogP contribution in [0.5, 0.6) is 0 Å². The molecular formula is C15H18N4O3S. The highest BCUT2D eigenvalue weighted by molar-refractivity contribution is 7.91. The zero-order valence-electron chi connectivity index (χ0n) is 12.5. The van der Waals surface area contributed by atoms with E-state index in [4.69, 9.17) is 0 Å². The van der Waals surface area contributed by atoms with Crippen LogP contribution in [0.1, 0.15) is 12.0 Å². The monoisotopic (exact) mass is 334 g/mol. The fraction of sp³-hybridized carbons (Fsp3) is 0.333. The third kappa shape index (κ3) is 4.10. The molecule has 2 heterocycles. The zero-order chi connectivity index (χ0) is 16.3. The second kappa shape index (κ2) is 6.41. The number of para-hydroxylation sites is 1. The first kappa shape index (κ1) is 15.5. The Bertz CT molecular complexity index is 786. The molecule has 1 saturated heterocycles. The van der Waals surface area contributed by atoms with Crippen molar-refractivity contribution in [1.29, 1.82) is 0 Å². The molecule has 0 bridgehead atoms. The molecule has 0 unspecified atom stereocenters. The van der Waals surface area contributed by atoms with Gasteiger partial charge in [0.15, 0.2) is 9.84 Å². The fourth-order valence-electron chi connectivity index (χ4n) is 2.50. The molecule has 0 spiro atoms. The number of carbonyl (C=O) groups is 1. The Morgan fingerprint density at radius 1 is 1.30 bits per heavy atom. The van der Waals surface area contributed by atoms with Gasteiger partial charge in [-0.15, -0.1) is 0 Å². The summed E-state index contributed by atoms with van der Waals surface area (Å²) in [5, 5.41) is 9.66. The second-order valence-electron chi connectivity index (χ2n) is 5.56. The molecule has 8 heteroatoms. The Kier molecular flexibility index (Phi) is 4.33. The number of aromatic nitrogens is 2. The molecule has 2 amide bonds. The smallest absolute Gasteiger partial charge is 0.315 e. The summed E-state index contributed by atoms with van der Waals surface area (Å²) >= 11 is 0. The summed E-state index contributed by atoms with van der Waals surface area (Å²) in [5.74, 6) is 0.161. The Hall–Kier alpha value is -2.35. The van der Waals surface area contributed by atoms with E-state index in [1.165, 1.54) is 0 Å². The van der Waals surface area contributed by atoms with Gasteiger partial charge in [0.25, 0.3) is 0 Å². The minimum atomic E-state index is -2.99. The number of nitrogens with one attached hydrogen (secondary N) is 2. The van der Waals surface area contributed by atoms with E-state index in [-0.39, 0.29) is 23.6 Å². The summed E-state index contributed by atoms with van der Waals surface area (Å²) in [6, 6.07) is 9.01. The SMILES string of the molecule is O=C(NCc1cnn(-c2ccccc2)c1)N[C@H]1CCS(=O)(=O)C1. The van der Waals surface area contributed by atoms with E-state index in [1.807, 2.05) is 36.5 Å². The summed E-state index contributed by atoms with van der Waals surface area (Å²) in [5.41, 5.74) is 1.81. The molecule has 1 aromatic carbocycles. The normalized spacial score (nSPS) is 19.4. The lowest BCUT2D eigenvalue weighted by Crippen LogP contribution is -2.42. The molecule has 0 aliphatic carbocycles. The summed E-state index contributed by atoms with van der Waals surface area (Å²) in [6.07, 6.45) is 4.00. The molecule has 1 fully saturated rings. The Morgan fingerprint density at radius 3 is 2.78 bits per heavy atom. The molecule has 3 rings (SSSR count). The summed E-state index contributed by atoms with van der Waals surface area (Å²) < 4.78 is 24.4. The predicted octanol–water partition coefficient (Wildman–Crippen LogP) is 0.859. The Balaban J connectivity index is 1.51. The molecule has 1 aromatic heterocycles. The molecule has 0 radical (unpaired) electrons. The molecule has 122 valence electrons. The van der Waals surface area contributed by atoms with Crippen LogP contribution >= 0.6 is 0 Å². The minimum Gasteiger partial charge on any atom is -0.334 e. The van der Waals surface area contributed by atoms with E-state index in [9.17, 15) is 13.2 Å². The van der Waals surface area contributed by atoms with Gasteiger partial charge in [-0.3, -0.25) is 0 Å². The van der Waals surface area contributed by atoms with E-state index in [0.29, 0.717) is 13.0 Å². The van der Waals surface area contributed by atoms with E-state index in [2.05, 4.69) is 15.7 Å². The van der Waals surface area contributed by atoms with Gasteiger partial charge in [0.1, 0.15) is 0 Å². The molecule has 0 saturated carbocycles. The van der Waals surface area contributed by atoms with Crippen molar-refractivity contribution in [2.24, 2.45) is 0 Å². The van der Waals surface area contributed by atoms with Crippen molar-refractivity contribution >= 4 is 15.9 Å². The highest BCUT2D eigenvalue weighted by Gasteiger charge is 2.28. The first-order chi connectivity index (χ1) is 11.0. The van der Waals surface area contributed by atoms with Crippen molar-refractivity contribution in [1.82, 2.24) is 20.4 Å². The van der Waals surface area contributed by atoms with Crippen molar-refractivity contribution < 1.29 is 13.2 Å². The van der Waals surface area contributed by atoms with Crippen LogP contribution < -0.4 is 10.6 Å². The van der Waals surface area contributed by atoms with Crippen LogP contribution in [0, 0.1) is 0 Å². The van der Waals surface area contributed by atoms with Gasteiger partial charge in [-0.2, -0.15) is 5.10 Å². The number of amides is 2. The van der Waals surface area contributed by atoms with Crippen LogP contribution in [0.3, 0.4) is 0 Å². The lowest BCUT2D eigenvalue weighted by Gasteiger charge is -2.11. The number of urea groups is 1. The van der Waals surface area contributed by atoms with E-state index in [1.54, 1.807) is 10.9 Å². The van der Waals surface area contributed by atoms with E-state index in [0.717, 1.165) is 11.3 Å². The molecule has 23 heavy (non-hydrogen) atoms. The minimum absolute atomic E-state index is 0.0202. The van der Waals surface area contributed by atoms with E-state index >= 15 is 0 Å². The third-order valence-corrected chi connectivity index (χ3v) is 5.45. The average molecular weight is 334 g/mol. The summed E-state index contributed by atoms with van der Waals surface area (Å²) in [7, 11) is -2.99. The molecule has 1 aliphatic heterocycles. The predicted molar refractivity (Wildman–Crippen MR) is 86.0 cm³/mol. The van der Waals surface area contributed by atoms with Crippen LogP contribution in [0.2, 0.25) is 0 Å². The number of rotatable bonds is 4. The van der Waals surface area contributed by atoms with Crippen LogP contribution in [-0.4, -0.2) is 41.8 Å². The van der Waals surface area contributed by atoms with Crippen molar-refractivity contribution in [2.45, 2.75) is 19.0 Å². The lowest BCUT2D eigenvalue weighted by molar-refractivity contribution is 0.237. The quantitative estimate of drug-likeness (QED) is 0.867. The van der Waals surface area contributed by atoms with Gasteiger partial charge in [0.2, 0.25) is 0 Å². The Morgan fingerprint density at radius 2 is 2.09 bits per heavy atom. The summed E-state index contributed by atoms with van der Waals surface area (Å²) in [4.78, 5) is 11.8. The van der Waals surface area contributed by atoms with Crippen LogP contribution in [0.4, 0.5) is 4.79 Å². The van der Waals surface area contributed by atoms with Gasteiger partial charge in [0.05, 0.1) is 23.4 Å². The largest absolute Gasteiger partial charge is 0.334 e. The summed E-state index contributed by atoms with van der Waals surface area (Å²) in [6.45, 7) is 0.331. The molecule has 7 nitrogen and oxygen atoms in total. The molecule has 2 N–H and O–H groups in total. The molecule has 1 atom stereocenters. The van der Waals surface area contributed by atoms with Crippen molar-refractivity contribution in [3.8, 4) is 5.69 Å². The van der Waals surface area contributed by atoms with Crippen molar-refractivity contribution in [2.75, 3.05) is 11.5 Å². The van der Waals surface area contributed by atoms with Crippen molar-refractivity contribution in [3.05, 3.63) is 48.3 Å². The zero-order valence-corrected chi connectivity index (χ0v) is 13.3. The van der Waals surface area contributed by atoms with Gasteiger partial charge < -0.3 is 10.6 Å². The average Bonchev–Trinajstić information content (AvgIpc) is 3.13. The van der Waals surface area contributed by atoms with Gasteiger partial charge >= 0.3 is 6.03 Å². The van der Waals surface area contributed by atoms with Gasteiger partial charge in [-0.05, 0) is 18.6 Å². The number of hydrogen-bond acceptors (Lipinski definition) is 4. The Labute approximate surface area is 134 Å². The lowest BCUT2D eigenvalue weighted by atomic mass is 10.3. The van der Waals surface area contributed by atoms with Gasteiger partial charge in [-0.25, -0.2) is 17.9 Å². The maximum absolute atomic E-state index is 11.8. The fourth-order valence-corrected chi connectivity index (χ4v) is 4.17. The number of sulfone groups is 1. The molecule has 1 aliphatic rings. The van der Waals surface area contributed by atoms with Gasteiger partial charge in [-0.1, -0.05) is 18.2 Å². The standard InChI is InChI=1S/C15H18N4O3S/c20-15(18-13-6-7-23(21,22)11-13)16-8-12-9-17-19(10-12)14-4-2-1-3-5-14/h1-5,9-10,13H,6-8,11H2,(H2,16,18,20)/t13-/m0/s1. The highest BCUT2D eigenvalue weighted by Crippen LogP contribution is 2.11.